The quantitative estimate of drug-likeness (QED) is 0.618. The molecule has 8 heteroatoms. The zero-order valence-electron chi connectivity index (χ0n) is 9.37. The molecule has 98 valence electrons. The summed E-state index contributed by atoms with van der Waals surface area (Å²) in [7, 11) is -3.75. The molecule has 1 saturated heterocycles. The van der Waals surface area contributed by atoms with E-state index in [4.69, 9.17) is 0 Å². The molecule has 0 unspecified atom stereocenters. The van der Waals surface area contributed by atoms with Gasteiger partial charge in [-0.1, -0.05) is 0 Å². The summed E-state index contributed by atoms with van der Waals surface area (Å²) < 4.78 is 38.6. The molecule has 1 fully saturated rings. The summed E-state index contributed by atoms with van der Waals surface area (Å²) in [6, 6.07) is 2.63. The maximum Gasteiger partial charge on any atom is 0.306 e. The van der Waals surface area contributed by atoms with Gasteiger partial charge in [-0.3, -0.25) is 10.1 Å². The number of nitro groups is 1. The first-order valence-corrected chi connectivity index (χ1v) is 6.81. The van der Waals surface area contributed by atoms with Crippen LogP contribution < -0.4 is 0 Å². The van der Waals surface area contributed by atoms with Crippen LogP contribution in [0.15, 0.2) is 23.1 Å². The standard InChI is InChI=1S/C10H11FN2O4S/c11-9-4-3-8(7-10(9)13(14)15)18(16,17)12-5-1-2-6-12/h3-4,7H,1-2,5-6H2. The van der Waals surface area contributed by atoms with Gasteiger partial charge in [0, 0.05) is 19.2 Å². The summed E-state index contributed by atoms with van der Waals surface area (Å²) in [6.45, 7) is 0.793. The second-order valence-electron chi connectivity index (χ2n) is 3.98. The van der Waals surface area contributed by atoms with Gasteiger partial charge in [-0.2, -0.15) is 8.70 Å². The molecule has 0 aliphatic carbocycles. The van der Waals surface area contributed by atoms with Crippen LogP contribution in [0.1, 0.15) is 12.8 Å². The van der Waals surface area contributed by atoms with Gasteiger partial charge >= 0.3 is 5.69 Å². The zero-order valence-corrected chi connectivity index (χ0v) is 10.2. The number of benzene rings is 1. The van der Waals surface area contributed by atoms with Crippen LogP contribution in [-0.4, -0.2) is 30.7 Å². The van der Waals surface area contributed by atoms with Gasteiger partial charge in [-0.15, -0.1) is 0 Å². The maximum absolute atomic E-state index is 13.1. The molecule has 0 amide bonds. The molecule has 1 heterocycles. The predicted molar refractivity (Wildman–Crippen MR) is 61.0 cm³/mol. The molecule has 1 aliphatic rings. The molecule has 0 radical (unpaired) electrons. The molecule has 2 rings (SSSR count). The Morgan fingerprint density at radius 1 is 1.28 bits per heavy atom. The lowest BCUT2D eigenvalue weighted by atomic mass is 10.3. The highest BCUT2D eigenvalue weighted by Crippen LogP contribution is 2.25. The summed E-state index contributed by atoms with van der Waals surface area (Å²) in [5.41, 5.74) is -0.824. The van der Waals surface area contributed by atoms with Crippen LogP contribution in [0.2, 0.25) is 0 Å². The Balaban J connectivity index is 2.45. The number of nitrogens with zero attached hydrogens (tertiary/aromatic N) is 2. The van der Waals surface area contributed by atoms with E-state index in [2.05, 4.69) is 0 Å². The molecular weight excluding hydrogens is 263 g/mol. The van der Waals surface area contributed by atoms with Crippen LogP contribution in [0.25, 0.3) is 0 Å². The Bertz CT molecular complexity index is 582. The van der Waals surface area contributed by atoms with Crippen molar-refractivity contribution in [3.05, 3.63) is 34.1 Å². The molecule has 6 nitrogen and oxygen atoms in total. The van der Waals surface area contributed by atoms with E-state index in [9.17, 15) is 22.9 Å². The lowest BCUT2D eigenvalue weighted by molar-refractivity contribution is -0.387. The molecule has 1 aromatic rings. The minimum absolute atomic E-state index is 0.238. The molecule has 0 spiro atoms. The number of hydrogen-bond acceptors (Lipinski definition) is 4. The van der Waals surface area contributed by atoms with Gasteiger partial charge < -0.3 is 0 Å². The number of halogens is 1. The average Bonchev–Trinajstić information content (AvgIpc) is 2.82. The molecule has 0 bridgehead atoms. The van der Waals surface area contributed by atoms with Gasteiger partial charge in [0.2, 0.25) is 15.8 Å². The Kier molecular flexibility index (Phi) is 3.31. The van der Waals surface area contributed by atoms with Gasteiger partial charge in [0.15, 0.2) is 0 Å². The molecule has 1 aliphatic heterocycles. The van der Waals surface area contributed by atoms with Crippen molar-refractivity contribution in [3.63, 3.8) is 0 Å². The van der Waals surface area contributed by atoms with E-state index >= 15 is 0 Å². The predicted octanol–water partition coefficient (Wildman–Crippen LogP) is 1.52. The Hall–Kier alpha value is -1.54. The first-order valence-electron chi connectivity index (χ1n) is 5.37. The molecule has 1 aromatic carbocycles. The molecular formula is C10H11FN2O4S. The molecule has 0 aromatic heterocycles. The van der Waals surface area contributed by atoms with E-state index in [-0.39, 0.29) is 4.90 Å². The van der Waals surface area contributed by atoms with Gasteiger partial charge in [-0.25, -0.2) is 8.42 Å². The first kappa shape index (κ1) is 12.9. The van der Waals surface area contributed by atoms with Crippen molar-refractivity contribution < 1.29 is 17.7 Å². The lowest BCUT2D eigenvalue weighted by Crippen LogP contribution is -2.27. The maximum atomic E-state index is 13.1. The molecule has 0 saturated carbocycles. The van der Waals surface area contributed by atoms with Gasteiger partial charge in [0.25, 0.3) is 0 Å². The van der Waals surface area contributed by atoms with Crippen molar-refractivity contribution in [2.45, 2.75) is 17.7 Å². The largest absolute Gasteiger partial charge is 0.306 e. The van der Waals surface area contributed by atoms with Crippen molar-refractivity contribution >= 4 is 15.7 Å². The number of nitro benzene ring substituents is 1. The zero-order chi connectivity index (χ0) is 13.3. The Morgan fingerprint density at radius 2 is 1.89 bits per heavy atom. The van der Waals surface area contributed by atoms with Crippen LogP contribution in [-0.2, 0) is 10.0 Å². The second kappa shape index (κ2) is 4.62. The SMILES string of the molecule is O=[N+]([O-])c1cc(S(=O)(=O)N2CCCC2)ccc1F. The molecule has 18 heavy (non-hydrogen) atoms. The number of hydrogen-bond donors (Lipinski definition) is 0. The van der Waals surface area contributed by atoms with Crippen LogP contribution >= 0.6 is 0 Å². The highest BCUT2D eigenvalue weighted by molar-refractivity contribution is 7.89. The fourth-order valence-corrected chi connectivity index (χ4v) is 3.41. The second-order valence-corrected chi connectivity index (χ2v) is 5.92. The highest BCUT2D eigenvalue weighted by atomic mass is 32.2. The molecule has 0 N–H and O–H groups in total. The third kappa shape index (κ3) is 2.21. The minimum atomic E-state index is -3.75. The topological polar surface area (TPSA) is 80.5 Å². The van der Waals surface area contributed by atoms with E-state index in [0.29, 0.717) is 13.1 Å². The van der Waals surface area contributed by atoms with Crippen LogP contribution in [0.5, 0.6) is 0 Å². The van der Waals surface area contributed by atoms with Crippen molar-refractivity contribution in [3.8, 4) is 0 Å². The lowest BCUT2D eigenvalue weighted by Gasteiger charge is -2.15. The van der Waals surface area contributed by atoms with Gasteiger partial charge in [0.05, 0.1) is 9.82 Å². The summed E-state index contributed by atoms with van der Waals surface area (Å²) >= 11 is 0. The Morgan fingerprint density at radius 3 is 2.44 bits per heavy atom. The van der Waals surface area contributed by atoms with E-state index in [1.54, 1.807) is 0 Å². The van der Waals surface area contributed by atoms with Crippen molar-refractivity contribution in [2.75, 3.05) is 13.1 Å². The van der Waals surface area contributed by atoms with Gasteiger partial charge in [-0.05, 0) is 25.0 Å². The third-order valence-corrected chi connectivity index (χ3v) is 4.71. The smallest absolute Gasteiger partial charge is 0.258 e. The van der Waals surface area contributed by atoms with Crippen molar-refractivity contribution in [2.24, 2.45) is 0 Å². The number of sulfonamides is 1. The van der Waals surface area contributed by atoms with E-state index in [1.807, 2.05) is 0 Å². The van der Waals surface area contributed by atoms with E-state index < -0.39 is 26.5 Å². The fourth-order valence-electron chi connectivity index (χ4n) is 1.87. The molecule has 0 atom stereocenters. The summed E-state index contributed by atoms with van der Waals surface area (Å²) in [4.78, 5) is 9.41. The number of rotatable bonds is 3. The summed E-state index contributed by atoms with van der Waals surface area (Å²) in [5, 5.41) is 10.6. The summed E-state index contributed by atoms with van der Waals surface area (Å²) in [6.07, 6.45) is 1.53. The van der Waals surface area contributed by atoms with Crippen LogP contribution in [0, 0.1) is 15.9 Å². The first-order chi connectivity index (χ1) is 8.43. The third-order valence-electron chi connectivity index (χ3n) is 2.82. The van der Waals surface area contributed by atoms with E-state index in [0.717, 1.165) is 31.0 Å². The van der Waals surface area contributed by atoms with Crippen LogP contribution in [0.3, 0.4) is 0 Å². The van der Waals surface area contributed by atoms with E-state index in [1.165, 1.54) is 4.31 Å². The van der Waals surface area contributed by atoms with Crippen LogP contribution in [0.4, 0.5) is 10.1 Å². The summed E-state index contributed by atoms with van der Waals surface area (Å²) in [5.74, 6) is -1.04. The van der Waals surface area contributed by atoms with Crippen molar-refractivity contribution in [1.29, 1.82) is 0 Å². The normalized spacial score (nSPS) is 16.9. The van der Waals surface area contributed by atoms with Crippen molar-refractivity contribution in [1.82, 2.24) is 4.31 Å². The monoisotopic (exact) mass is 274 g/mol. The minimum Gasteiger partial charge on any atom is -0.258 e. The Labute approximate surface area is 103 Å². The highest BCUT2D eigenvalue weighted by Gasteiger charge is 2.29. The van der Waals surface area contributed by atoms with Gasteiger partial charge in [0.1, 0.15) is 0 Å². The fraction of sp³-hybridized carbons (Fsp3) is 0.400. The average molecular weight is 274 g/mol.